The molecule has 1 N–H and O–H groups in total. The molecule has 1 saturated heterocycles. The van der Waals surface area contributed by atoms with Crippen molar-refractivity contribution < 1.29 is 4.79 Å². The predicted molar refractivity (Wildman–Crippen MR) is 53.5 cm³/mol. The topological polar surface area (TPSA) is 32.3 Å². The third-order valence-corrected chi connectivity index (χ3v) is 3.04. The van der Waals surface area contributed by atoms with Crippen LogP contribution in [0, 0.1) is 5.92 Å². The Kier molecular flexibility index (Phi) is 3.31. The SMILES string of the molecule is CNC1CCN(C(C)C(C)C)C1=O. The summed E-state index contributed by atoms with van der Waals surface area (Å²) in [6, 6.07) is 0.423. The molecule has 1 heterocycles. The Morgan fingerprint density at radius 2 is 2.08 bits per heavy atom. The van der Waals surface area contributed by atoms with E-state index >= 15 is 0 Å². The van der Waals surface area contributed by atoms with Crippen LogP contribution in [0.15, 0.2) is 0 Å². The highest BCUT2D eigenvalue weighted by molar-refractivity contribution is 5.84. The van der Waals surface area contributed by atoms with E-state index in [0.29, 0.717) is 12.0 Å². The van der Waals surface area contributed by atoms with Crippen LogP contribution in [-0.2, 0) is 4.79 Å². The van der Waals surface area contributed by atoms with Crippen molar-refractivity contribution in [2.45, 2.75) is 39.3 Å². The molecular formula is C10H20N2O. The van der Waals surface area contributed by atoms with E-state index in [0.717, 1.165) is 13.0 Å². The molecular weight excluding hydrogens is 164 g/mol. The molecule has 0 bridgehead atoms. The fourth-order valence-electron chi connectivity index (χ4n) is 1.73. The molecule has 1 rings (SSSR count). The van der Waals surface area contributed by atoms with Crippen molar-refractivity contribution in [3.05, 3.63) is 0 Å². The quantitative estimate of drug-likeness (QED) is 0.705. The lowest BCUT2D eigenvalue weighted by atomic mass is 10.1. The number of amides is 1. The van der Waals surface area contributed by atoms with Crippen LogP contribution in [0.2, 0.25) is 0 Å². The number of likely N-dealkylation sites (tertiary alicyclic amines) is 1. The molecule has 0 spiro atoms. The lowest BCUT2D eigenvalue weighted by Crippen LogP contribution is -2.42. The van der Waals surface area contributed by atoms with Gasteiger partial charge in [-0.05, 0) is 26.3 Å². The Morgan fingerprint density at radius 3 is 2.46 bits per heavy atom. The molecule has 1 aliphatic rings. The van der Waals surface area contributed by atoms with Crippen molar-refractivity contribution >= 4 is 5.91 Å². The van der Waals surface area contributed by atoms with Gasteiger partial charge in [0.1, 0.15) is 0 Å². The Morgan fingerprint density at radius 1 is 1.46 bits per heavy atom. The fourth-order valence-corrected chi connectivity index (χ4v) is 1.73. The van der Waals surface area contributed by atoms with Gasteiger partial charge >= 0.3 is 0 Å². The predicted octanol–water partition coefficient (Wildman–Crippen LogP) is 0.851. The molecule has 0 aromatic rings. The number of carbonyl (C=O) groups excluding carboxylic acids is 1. The van der Waals surface area contributed by atoms with Gasteiger partial charge in [0.05, 0.1) is 6.04 Å². The first-order valence-corrected chi connectivity index (χ1v) is 5.05. The van der Waals surface area contributed by atoms with E-state index in [2.05, 4.69) is 26.1 Å². The molecule has 1 aliphatic heterocycles. The van der Waals surface area contributed by atoms with Gasteiger partial charge in [0.2, 0.25) is 5.91 Å². The minimum atomic E-state index is 0.0567. The zero-order valence-electron chi connectivity index (χ0n) is 9.00. The van der Waals surface area contributed by atoms with E-state index < -0.39 is 0 Å². The summed E-state index contributed by atoms with van der Waals surface area (Å²) < 4.78 is 0. The van der Waals surface area contributed by atoms with Crippen LogP contribution in [0.25, 0.3) is 0 Å². The van der Waals surface area contributed by atoms with Crippen LogP contribution in [0.5, 0.6) is 0 Å². The van der Waals surface area contributed by atoms with Gasteiger partial charge in [0.15, 0.2) is 0 Å². The van der Waals surface area contributed by atoms with Crippen molar-refractivity contribution in [1.82, 2.24) is 10.2 Å². The van der Waals surface area contributed by atoms with Crippen molar-refractivity contribution in [2.75, 3.05) is 13.6 Å². The van der Waals surface area contributed by atoms with Gasteiger partial charge in [0.25, 0.3) is 0 Å². The third kappa shape index (κ3) is 2.02. The maximum Gasteiger partial charge on any atom is 0.240 e. The summed E-state index contributed by atoms with van der Waals surface area (Å²) in [6.07, 6.45) is 0.951. The molecule has 0 aliphatic carbocycles. The molecule has 2 unspecified atom stereocenters. The summed E-state index contributed by atoms with van der Waals surface area (Å²) >= 11 is 0. The van der Waals surface area contributed by atoms with Crippen LogP contribution in [0.3, 0.4) is 0 Å². The average Bonchev–Trinajstić information content (AvgIpc) is 2.45. The van der Waals surface area contributed by atoms with Crippen LogP contribution in [-0.4, -0.2) is 36.5 Å². The van der Waals surface area contributed by atoms with Crippen LogP contribution >= 0.6 is 0 Å². The number of carbonyl (C=O) groups is 1. The zero-order chi connectivity index (χ0) is 10.0. The minimum Gasteiger partial charge on any atom is -0.338 e. The first-order chi connectivity index (χ1) is 6.07. The molecule has 0 saturated carbocycles. The highest BCUT2D eigenvalue weighted by atomic mass is 16.2. The number of hydrogen-bond acceptors (Lipinski definition) is 2. The first kappa shape index (κ1) is 10.5. The maximum atomic E-state index is 11.7. The molecule has 76 valence electrons. The number of hydrogen-bond donors (Lipinski definition) is 1. The van der Waals surface area contributed by atoms with Gasteiger partial charge in [-0.3, -0.25) is 4.79 Å². The van der Waals surface area contributed by atoms with E-state index in [4.69, 9.17) is 0 Å². The monoisotopic (exact) mass is 184 g/mol. The molecule has 13 heavy (non-hydrogen) atoms. The second-order valence-corrected chi connectivity index (χ2v) is 4.15. The second kappa shape index (κ2) is 4.09. The lowest BCUT2D eigenvalue weighted by Gasteiger charge is -2.27. The number of likely N-dealkylation sites (N-methyl/N-ethyl adjacent to an activating group) is 1. The Hall–Kier alpha value is -0.570. The van der Waals surface area contributed by atoms with E-state index in [1.165, 1.54) is 0 Å². The second-order valence-electron chi connectivity index (χ2n) is 4.15. The number of nitrogens with zero attached hydrogens (tertiary/aromatic N) is 1. The zero-order valence-corrected chi connectivity index (χ0v) is 9.00. The third-order valence-electron chi connectivity index (χ3n) is 3.04. The smallest absolute Gasteiger partial charge is 0.240 e. The molecule has 2 atom stereocenters. The average molecular weight is 184 g/mol. The van der Waals surface area contributed by atoms with Gasteiger partial charge in [0, 0.05) is 12.6 Å². The van der Waals surface area contributed by atoms with Gasteiger partial charge in [-0.15, -0.1) is 0 Å². The van der Waals surface area contributed by atoms with Crippen LogP contribution < -0.4 is 5.32 Å². The van der Waals surface area contributed by atoms with Crippen LogP contribution in [0.4, 0.5) is 0 Å². The van der Waals surface area contributed by atoms with Crippen molar-refractivity contribution in [3.8, 4) is 0 Å². The van der Waals surface area contributed by atoms with E-state index in [1.54, 1.807) is 0 Å². The minimum absolute atomic E-state index is 0.0567. The molecule has 1 amide bonds. The van der Waals surface area contributed by atoms with E-state index in [9.17, 15) is 4.79 Å². The summed E-state index contributed by atoms with van der Waals surface area (Å²) in [5, 5.41) is 3.05. The van der Waals surface area contributed by atoms with Gasteiger partial charge < -0.3 is 10.2 Å². The van der Waals surface area contributed by atoms with Gasteiger partial charge in [-0.25, -0.2) is 0 Å². The maximum absolute atomic E-state index is 11.7. The summed E-state index contributed by atoms with van der Waals surface area (Å²) in [6.45, 7) is 7.35. The molecule has 3 nitrogen and oxygen atoms in total. The van der Waals surface area contributed by atoms with Crippen molar-refractivity contribution in [3.63, 3.8) is 0 Å². The fraction of sp³-hybridized carbons (Fsp3) is 0.900. The summed E-state index contributed by atoms with van der Waals surface area (Å²) in [4.78, 5) is 13.7. The van der Waals surface area contributed by atoms with Gasteiger partial charge in [-0.2, -0.15) is 0 Å². The molecule has 0 aromatic heterocycles. The highest BCUT2D eigenvalue weighted by Gasteiger charge is 2.33. The normalized spacial score (nSPS) is 25.8. The Labute approximate surface area is 80.5 Å². The van der Waals surface area contributed by atoms with E-state index in [1.807, 2.05) is 11.9 Å². The first-order valence-electron chi connectivity index (χ1n) is 5.05. The number of nitrogens with one attached hydrogen (secondary N) is 1. The summed E-state index contributed by atoms with van der Waals surface area (Å²) in [5.41, 5.74) is 0. The molecule has 1 fully saturated rings. The summed E-state index contributed by atoms with van der Waals surface area (Å²) in [5.74, 6) is 0.809. The van der Waals surface area contributed by atoms with Gasteiger partial charge in [-0.1, -0.05) is 13.8 Å². The van der Waals surface area contributed by atoms with Crippen molar-refractivity contribution in [2.24, 2.45) is 5.92 Å². The largest absolute Gasteiger partial charge is 0.338 e. The highest BCUT2D eigenvalue weighted by Crippen LogP contribution is 2.18. The van der Waals surface area contributed by atoms with Crippen LogP contribution in [0.1, 0.15) is 27.2 Å². The molecule has 0 aromatic carbocycles. The summed E-state index contributed by atoms with van der Waals surface area (Å²) in [7, 11) is 1.85. The lowest BCUT2D eigenvalue weighted by molar-refractivity contribution is -0.131. The van der Waals surface area contributed by atoms with E-state index in [-0.39, 0.29) is 11.9 Å². The Bertz CT molecular complexity index is 191. The number of rotatable bonds is 3. The Balaban J connectivity index is 2.59. The molecule has 3 heteroatoms. The standard InChI is InChI=1S/C10H20N2O/c1-7(2)8(3)12-6-5-9(11-4)10(12)13/h7-9,11H,5-6H2,1-4H3. The molecule has 0 radical (unpaired) electrons. The van der Waals surface area contributed by atoms with Crippen molar-refractivity contribution in [1.29, 1.82) is 0 Å².